The summed E-state index contributed by atoms with van der Waals surface area (Å²) in [6, 6.07) is 2.51. The maximum absolute atomic E-state index is 12.6. The average molecular weight is 364 g/mol. The van der Waals surface area contributed by atoms with Crippen molar-refractivity contribution in [3.63, 3.8) is 0 Å². The standard InChI is InChI=1S/C11H8BrF6NO/c1-19(5-10(13,14)15)9(20)6-2-3-8(12)7(4-6)11(16,17)18/h2-4H,5H2,1H3. The minimum absolute atomic E-state index is 0.292. The summed E-state index contributed by atoms with van der Waals surface area (Å²) in [4.78, 5) is 12.0. The molecule has 0 heterocycles. The van der Waals surface area contributed by atoms with E-state index in [0.29, 0.717) is 11.0 Å². The van der Waals surface area contributed by atoms with Gasteiger partial charge < -0.3 is 4.90 Å². The van der Waals surface area contributed by atoms with E-state index in [4.69, 9.17) is 0 Å². The Kier molecular flexibility index (Phi) is 4.73. The molecular weight excluding hydrogens is 356 g/mol. The molecule has 0 bridgehead atoms. The average Bonchev–Trinajstić information content (AvgIpc) is 2.24. The van der Waals surface area contributed by atoms with Crippen molar-refractivity contribution in [2.45, 2.75) is 12.4 Å². The Morgan fingerprint density at radius 2 is 1.75 bits per heavy atom. The molecule has 2 nitrogen and oxygen atoms in total. The first-order valence-corrected chi connectivity index (χ1v) is 5.90. The van der Waals surface area contributed by atoms with Crippen molar-refractivity contribution < 1.29 is 31.1 Å². The molecule has 1 aromatic carbocycles. The van der Waals surface area contributed by atoms with Gasteiger partial charge in [-0.25, -0.2) is 0 Å². The van der Waals surface area contributed by atoms with Crippen LogP contribution in [0.2, 0.25) is 0 Å². The first-order chi connectivity index (χ1) is 8.92. The van der Waals surface area contributed by atoms with E-state index >= 15 is 0 Å². The van der Waals surface area contributed by atoms with Crippen LogP contribution in [0.25, 0.3) is 0 Å². The molecule has 0 N–H and O–H groups in total. The Hall–Kier alpha value is -1.25. The van der Waals surface area contributed by atoms with Crippen LogP contribution in [0.5, 0.6) is 0 Å². The normalized spacial score (nSPS) is 12.4. The Labute approximate surface area is 118 Å². The van der Waals surface area contributed by atoms with Gasteiger partial charge in [0, 0.05) is 17.1 Å². The van der Waals surface area contributed by atoms with Crippen molar-refractivity contribution in [2.75, 3.05) is 13.6 Å². The molecule has 0 radical (unpaired) electrons. The lowest BCUT2D eigenvalue weighted by Gasteiger charge is -2.19. The van der Waals surface area contributed by atoms with Gasteiger partial charge in [-0.1, -0.05) is 15.9 Å². The SMILES string of the molecule is CN(CC(F)(F)F)C(=O)c1ccc(Br)c(C(F)(F)F)c1. The largest absolute Gasteiger partial charge is 0.417 e. The van der Waals surface area contributed by atoms with E-state index < -0.39 is 35.9 Å². The zero-order chi connectivity index (χ0) is 15.7. The molecule has 0 aliphatic heterocycles. The van der Waals surface area contributed by atoms with Crippen molar-refractivity contribution in [3.05, 3.63) is 33.8 Å². The summed E-state index contributed by atoms with van der Waals surface area (Å²) in [7, 11) is 0.866. The fraction of sp³-hybridized carbons (Fsp3) is 0.364. The number of carbonyl (C=O) groups is 1. The Balaban J connectivity index is 3.06. The highest BCUT2D eigenvalue weighted by atomic mass is 79.9. The molecule has 20 heavy (non-hydrogen) atoms. The predicted octanol–water partition coefficient (Wildman–Crippen LogP) is 4.10. The third-order valence-corrected chi connectivity index (χ3v) is 2.97. The molecule has 1 rings (SSSR count). The number of benzene rings is 1. The first-order valence-electron chi connectivity index (χ1n) is 5.11. The monoisotopic (exact) mass is 363 g/mol. The van der Waals surface area contributed by atoms with Crippen LogP contribution in [-0.2, 0) is 6.18 Å². The number of carbonyl (C=O) groups excluding carboxylic acids is 1. The molecule has 0 spiro atoms. The van der Waals surface area contributed by atoms with Crippen molar-refractivity contribution >= 4 is 21.8 Å². The van der Waals surface area contributed by atoms with E-state index in [1.807, 2.05) is 0 Å². The summed E-state index contributed by atoms with van der Waals surface area (Å²) < 4.78 is 74.0. The number of alkyl halides is 6. The zero-order valence-corrected chi connectivity index (χ0v) is 11.5. The number of rotatable bonds is 2. The maximum atomic E-state index is 12.6. The molecule has 0 atom stereocenters. The minimum atomic E-state index is -4.71. The third kappa shape index (κ3) is 4.39. The van der Waals surface area contributed by atoms with Crippen LogP contribution in [0.15, 0.2) is 22.7 Å². The number of hydrogen-bond acceptors (Lipinski definition) is 1. The molecule has 0 aromatic heterocycles. The van der Waals surface area contributed by atoms with Crippen LogP contribution in [-0.4, -0.2) is 30.6 Å². The molecule has 9 heteroatoms. The van der Waals surface area contributed by atoms with E-state index in [1.54, 1.807) is 0 Å². The van der Waals surface area contributed by atoms with Crippen LogP contribution >= 0.6 is 15.9 Å². The highest BCUT2D eigenvalue weighted by molar-refractivity contribution is 9.10. The number of nitrogens with zero attached hydrogens (tertiary/aromatic N) is 1. The van der Waals surface area contributed by atoms with Crippen LogP contribution in [0, 0.1) is 0 Å². The second-order valence-electron chi connectivity index (χ2n) is 3.97. The molecular formula is C11H8BrF6NO. The lowest BCUT2D eigenvalue weighted by Crippen LogP contribution is -2.35. The van der Waals surface area contributed by atoms with E-state index in [1.165, 1.54) is 0 Å². The van der Waals surface area contributed by atoms with Gasteiger partial charge in [-0.15, -0.1) is 0 Å². The van der Waals surface area contributed by atoms with Gasteiger partial charge in [0.25, 0.3) is 5.91 Å². The number of hydrogen-bond donors (Lipinski definition) is 0. The van der Waals surface area contributed by atoms with Gasteiger partial charge in [0.2, 0.25) is 0 Å². The van der Waals surface area contributed by atoms with Gasteiger partial charge in [0.1, 0.15) is 6.54 Å². The lowest BCUT2D eigenvalue weighted by atomic mass is 10.1. The van der Waals surface area contributed by atoms with Gasteiger partial charge >= 0.3 is 12.4 Å². The third-order valence-electron chi connectivity index (χ3n) is 2.28. The van der Waals surface area contributed by atoms with Crippen LogP contribution < -0.4 is 0 Å². The second kappa shape index (κ2) is 5.63. The highest BCUT2D eigenvalue weighted by Gasteiger charge is 2.35. The topological polar surface area (TPSA) is 20.3 Å². The molecule has 0 aliphatic carbocycles. The van der Waals surface area contributed by atoms with Crippen molar-refractivity contribution in [1.82, 2.24) is 4.90 Å². The maximum Gasteiger partial charge on any atom is 0.417 e. The molecule has 112 valence electrons. The van der Waals surface area contributed by atoms with Crippen LogP contribution in [0.3, 0.4) is 0 Å². The predicted molar refractivity (Wildman–Crippen MR) is 62.2 cm³/mol. The first kappa shape index (κ1) is 16.8. The van der Waals surface area contributed by atoms with Crippen molar-refractivity contribution in [1.29, 1.82) is 0 Å². The van der Waals surface area contributed by atoms with Crippen molar-refractivity contribution in [3.8, 4) is 0 Å². The molecule has 1 amide bonds. The van der Waals surface area contributed by atoms with E-state index in [-0.39, 0.29) is 4.47 Å². The van der Waals surface area contributed by atoms with Crippen LogP contribution in [0.1, 0.15) is 15.9 Å². The van der Waals surface area contributed by atoms with Gasteiger partial charge in [-0.3, -0.25) is 4.79 Å². The highest BCUT2D eigenvalue weighted by Crippen LogP contribution is 2.35. The fourth-order valence-corrected chi connectivity index (χ4v) is 1.91. The van der Waals surface area contributed by atoms with Gasteiger partial charge in [-0.2, -0.15) is 26.3 Å². The summed E-state index contributed by atoms with van der Waals surface area (Å²) in [5, 5.41) is 0. The van der Waals surface area contributed by atoms with Gasteiger partial charge in [0.15, 0.2) is 0 Å². The Bertz CT molecular complexity index is 511. The summed E-state index contributed by atoms with van der Waals surface area (Å²) in [6.45, 7) is -1.54. The molecule has 0 saturated carbocycles. The number of halogens is 7. The Morgan fingerprint density at radius 3 is 2.20 bits per heavy atom. The molecule has 1 aromatic rings. The fourth-order valence-electron chi connectivity index (χ4n) is 1.44. The quantitative estimate of drug-likeness (QED) is 0.724. The molecule has 0 fully saturated rings. The zero-order valence-electron chi connectivity index (χ0n) is 9.94. The molecule has 0 saturated heterocycles. The second-order valence-corrected chi connectivity index (χ2v) is 4.82. The summed E-state index contributed by atoms with van der Waals surface area (Å²) in [5.41, 5.74) is -1.59. The van der Waals surface area contributed by atoms with E-state index in [9.17, 15) is 31.1 Å². The summed E-state index contributed by atoms with van der Waals surface area (Å²) in [6.07, 6.45) is -9.33. The van der Waals surface area contributed by atoms with Gasteiger partial charge in [0.05, 0.1) is 5.56 Å². The van der Waals surface area contributed by atoms with E-state index in [2.05, 4.69) is 15.9 Å². The van der Waals surface area contributed by atoms with Gasteiger partial charge in [-0.05, 0) is 18.2 Å². The summed E-state index contributed by atoms with van der Waals surface area (Å²) in [5.74, 6) is -1.14. The van der Waals surface area contributed by atoms with E-state index in [0.717, 1.165) is 19.2 Å². The van der Waals surface area contributed by atoms with Crippen molar-refractivity contribution in [2.24, 2.45) is 0 Å². The number of amides is 1. The Morgan fingerprint density at radius 1 is 1.20 bits per heavy atom. The smallest absolute Gasteiger partial charge is 0.333 e. The van der Waals surface area contributed by atoms with Crippen LogP contribution in [0.4, 0.5) is 26.3 Å². The lowest BCUT2D eigenvalue weighted by molar-refractivity contribution is -0.139. The minimum Gasteiger partial charge on any atom is -0.333 e. The summed E-state index contributed by atoms with van der Waals surface area (Å²) >= 11 is 2.68. The molecule has 0 aliphatic rings. The molecule has 0 unspecified atom stereocenters.